The molecule has 1 amide bonds. The standard InChI is InChI=1S/C16H24N2O/c1-11-4-5-12(17)10-14(11)15(19)18-13-6-8-16(2,3)9-7-13/h4-5,10,13H,6-9,17H2,1-3H3,(H,18,19). The maximum Gasteiger partial charge on any atom is 0.251 e. The Balaban J connectivity index is 2.00. The van der Waals surface area contributed by atoms with Gasteiger partial charge < -0.3 is 11.1 Å². The van der Waals surface area contributed by atoms with Crippen LogP contribution in [0.4, 0.5) is 5.69 Å². The summed E-state index contributed by atoms with van der Waals surface area (Å²) in [5.41, 5.74) is 8.49. The lowest BCUT2D eigenvalue weighted by Crippen LogP contribution is -2.39. The fourth-order valence-electron chi connectivity index (χ4n) is 2.69. The lowest BCUT2D eigenvalue weighted by molar-refractivity contribution is 0.0908. The fraction of sp³-hybridized carbons (Fsp3) is 0.562. The molecule has 1 aliphatic carbocycles. The molecule has 0 aromatic heterocycles. The summed E-state index contributed by atoms with van der Waals surface area (Å²) in [7, 11) is 0. The van der Waals surface area contributed by atoms with E-state index in [4.69, 9.17) is 5.73 Å². The first kappa shape index (κ1) is 13.9. The van der Waals surface area contributed by atoms with Crippen molar-refractivity contribution in [3.05, 3.63) is 29.3 Å². The van der Waals surface area contributed by atoms with Crippen molar-refractivity contribution in [2.45, 2.75) is 52.5 Å². The van der Waals surface area contributed by atoms with Crippen LogP contribution in [0.5, 0.6) is 0 Å². The van der Waals surface area contributed by atoms with Crippen LogP contribution in [0.2, 0.25) is 0 Å². The summed E-state index contributed by atoms with van der Waals surface area (Å²) in [6, 6.07) is 5.79. The third kappa shape index (κ3) is 3.49. The number of carbonyl (C=O) groups is 1. The molecule has 2 rings (SSSR count). The van der Waals surface area contributed by atoms with Gasteiger partial charge in [0.25, 0.3) is 5.91 Å². The van der Waals surface area contributed by atoms with Gasteiger partial charge in [-0.1, -0.05) is 19.9 Å². The number of rotatable bonds is 2. The molecule has 1 fully saturated rings. The Hall–Kier alpha value is -1.51. The number of amides is 1. The van der Waals surface area contributed by atoms with Crippen LogP contribution < -0.4 is 11.1 Å². The number of hydrogen-bond acceptors (Lipinski definition) is 2. The molecule has 0 saturated heterocycles. The number of nitrogen functional groups attached to an aromatic ring is 1. The van der Waals surface area contributed by atoms with Gasteiger partial charge >= 0.3 is 0 Å². The predicted octanol–water partition coefficient (Wildman–Crippen LogP) is 3.28. The van der Waals surface area contributed by atoms with Crippen LogP contribution >= 0.6 is 0 Å². The van der Waals surface area contributed by atoms with Gasteiger partial charge in [-0.25, -0.2) is 0 Å². The van der Waals surface area contributed by atoms with Crippen molar-refractivity contribution in [1.82, 2.24) is 5.32 Å². The molecule has 104 valence electrons. The van der Waals surface area contributed by atoms with E-state index in [1.165, 1.54) is 12.8 Å². The summed E-state index contributed by atoms with van der Waals surface area (Å²) in [6.07, 6.45) is 4.49. The first-order valence-electron chi connectivity index (χ1n) is 7.04. The van der Waals surface area contributed by atoms with Gasteiger partial charge in [-0.15, -0.1) is 0 Å². The summed E-state index contributed by atoms with van der Waals surface area (Å²) < 4.78 is 0. The van der Waals surface area contributed by atoms with E-state index in [1.807, 2.05) is 19.1 Å². The molecule has 1 aliphatic rings. The maximum atomic E-state index is 12.3. The second-order valence-electron chi connectivity index (χ2n) is 6.49. The molecule has 3 nitrogen and oxygen atoms in total. The summed E-state index contributed by atoms with van der Waals surface area (Å²) in [5, 5.41) is 3.15. The Morgan fingerprint density at radius 2 is 1.95 bits per heavy atom. The Morgan fingerprint density at radius 3 is 2.58 bits per heavy atom. The molecule has 0 spiro atoms. The van der Waals surface area contributed by atoms with Gasteiger partial charge in [-0.05, 0) is 55.7 Å². The highest BCUT2D eigenvalue weighted by Gasteiger charge is 2.27. The Kier molecular flexibility index (Phi) is 3.83. The van der Waals surface area contributed by atoms with Gasteiger partial charge in [-0.3, -0.25) is 4.79 Å². The molecular weight excluding hydrogens is 236 g/mol. The lowest BCUT2D eigenvalue weighted by Gasteiger charge is -2.34. The molecule has 0 aliphatic heterocycles. The number of carbonyl (C=O) groups excluding carboxylic acids is 1. The molecule has 1 aromatic rings. The Morgan fingerprint density at radius 1 is 1.32 bits per heavy atom. The zero-order valence-corrected chi connectivity index (χ0v) is 12.1. The van der Waals surface area contributed by atoms with Gasteiger partial charge in [0, 0.05) is 17.3 Å². The van der Waals surface area contributed by atoms with Gasteiger partial charge in [0.05, 0.1) is 0 Å². The summed E-state index contributed by atoms with van der Waals surface area (Å²) in [6.45, 7) is 6.54. The molecule has 1 aromatic carbocycles. The van der Waals surface area contributed by atoms with Crippen LogP contribution in [0.25, 0.3) is 0 Å². The molecule has 0 bridgehead atoms. The molecule has 3 N–H and O–H groups in total. The first-order valence-corrected chi connectivity index (χ1v) is 7.04. The normalized spacial score (nSPS) is 19.1. The van der Waals surface area contributed by atoms with E-state index in [1.54, 1.807) is 6.07 Å². The molecule has 19 heavy (non-hydrogen) atoms. The number of nitrogens with one attached hydrogen (secondary N) is 1. The van der Waals surface area contributed by atoms with Crippen LogP contribution in [0, 0.1) is 12.3 Å². The second kappa shape index (κ2) is 5.24. The minimum atomic E-state index is 0.00880. The van der Waals surface area contributed by atoms with E-state index in [9.17, 15) is 4.79 Å². The number of benzene rings is 1. The zero-order valence-electron chi connectivity index (χ0n) is 12.1. The van der Waals surface area contributed by atoms with Crippen molar-refractivity contribution in [1.29, 1.82) is 0 Å². The molecule has 3 heteroatoms. The van der Waals surface area contributed by atoms with Crippen LogP contribution in [0.1, 0.15) is 55.5 Å². The van der Waals surface area contributed by atoms with E-state index in [-0.39, 0.29) is 5.91 Å². The Labute approximate surface area is 115 Å². The van der Waals surface area contributed by atoms with Crippen LogP contribution in [0.3, 0.4) is 0 Å². The predicted molar refractivity (Wildman–Crippen MR) is 79.1 cm³/mol. The van der Waals surface area contributed by atoms with Gasteiger partial charge in [0.2, 0.25) is 0 Å². The van der Waals surface area contributed by atoms with Crippen molar-refractivity contribution in [3.8, 4) is 0 Å². The van der Waals surface area contributed by atoms with E-state index < -0.39 is 0 Å². The lowest BCUT2D eigenvalue weighted by atomic mass is 9.75. The average Bonchev–Trinajstić information content (AvgIpc) is 2.35. The highest BCUT2D eigenvalue weighted by molar-refractivity contribution is 5.96. The minimum Gasteiger partial charge on any atom is -0.399 e. The van der Waals surface area contributed by atoms with Gasteiger partial charge in [0.15, 0.2) is 0 Å². The van der Waals surface area contributed by atoms with Crippen LogP contribution in [0.15, 0.2) is 18.2 Å². The van der Waals surface area contributed by atoms with Crippen molar-refractivity contribution in [2.24, 2.45) is 5.41 Å². The minimum absolute atomic E-state index is 0.00880. The van der Waals surface area contributed by atoms with Crippen molar-refractivity contribution in [3.63, 3.8) is 0 Å². The van der Waals surface area contributed by atoms with Crippen molar-refractivity contribution >= 4 is 11.6 Å². The van der Waals surface area contributed by atoms with Gasteiger partial charge in [-0.2, -0.15) is 0 Å². The SMILES string of the molecule is Cc1ccc(N)cc1C(=O)NC1CCC(C)(C)CC1. The maximum absolute atomic E-state index is 12.3. The van der Waals surface area contributed by atoms with Gasteiger partial charge in [0.1, 0.15) is 0 Å². The quantitative estimate of drug-likeness (QED) is 0.802. The first-order chi connectivity index (χ1) is 8.87. The van der Waals surface area contributed by atoms with Crippen molar-refractivity contribution < 1.29 is 4.79 Å². The van der Waals surface area contributed by atoms with E-state index in [2.05, 4.69) is 19.2 Å². The average molecular weight is 260 g/mol. The molecule has 0 heterocycles. The van der Waals surface area contributed by atoms with E-state index >= 15 is 0 Å². The van der Waals surface area contributed by atoms with Crippen molar-refractivity contribution in [2.75, 3.05) is 5.73 Å². The number of anilines is 1. The molecule has 1 saturated carbocycles. The molecule has 0 radical (unpaired) electrons. The monoisotopic (exact) mass is 260 g/mol. The fourth-order valence-corrected chi connectivity index (χ4v) is 2.69. The molecule has 0 atom stereocenters. The van der Waals surface area contributed by atoms with E-state index in [0.717, 1.165) is 18.4 Å². The second-order valence-corrected chi connectivity index (χ2v) is 6.49. The summed E-state index contributed by atoms with van der Waals surface area (Å²) in [5.74, 6) is 0.00880. The third-order valence-electron chi connectivity index (χ3n) is 4.18. The molecular formula is C16H24N2O. The Bertz CT molecular complexity index is 470. The highest BCUT2D eigenvalue weighted by Crippen LogP contribution is 2.35. The largest absolute Gasteiger partial charge is 0.399 e. The zero-order chi connectivity index (χ0) is 14.0. The van der Waals surface area contributed by atoms with Crippen LogP contribution in [-0.2, 0) is 0 Å². The van der Waals surface area contributed by atoms with Crippen LogP contribution in [-0.4, -0.2) is 11.9 Å². The molecule has 0 unspecified atom stereocenters. The number of nitrogens with two attached hydrogens (primary N) is 1. The topological polar surface area (TPSA) is 55.1 Å². The number of aryl methyl sites for hydroxylation is 1. The number of hydrogen-bond donors (Lipinski definition) is 2. The van der Waals surface area contributed by atoms with E-state index in [0.29, 0.717) is 22.7 Å². The third-order valence-corrected chi connectivity index (χ3v) is 4.18. The highest BCUT2D eigenvalue weighted by atomic mass is 16.1. The summed E-state index contributed by atoms with van der Waals surface area (Å²) in [4.78, 5) is 12.3. The smallest absolute Gasteiger partial charge is 0.251 e. The summed E-state index contributed by atoms with van der Waals surface area (Å²) >= 11 is 0.